The van der Waals surface area contributed by atoms with Gasteiger partial charge in [0.05, 0.1) is 25.9 Å². The van der Waals surface area contributed by atoms with Crippen LogP contribution in [-0.4, -0.2) is 167 Å². The molecule has 0 aliphatic carbocycles. The minimum atomic E-state index is -2.97. The molecule has 0 aromatic heterocycles. The lowest BCUT2D eigenvalue weighted by Crippen LogP contribution is -2.70. The third kappa shape index (κ3) is 6.42. The minimum Gasteiger partial charge on any atom is -0.544 e. The second kappa shape index (κ2) is 13.4. The van der Waals surface area contributed by atoms with E-state index in [2.05, 4.69) is 0 Å². The smallest absolute Gasteiger partial charge is 0.215 e. The zero-order valence-corrected chi connectivity index (χ0v) is 20.6. The zero-order chi connectivity index (χ0) is 29.4. The van der Waals surface area contributed by atoms with Crippen molar-refractivity contribution in [3.63, 3.8) is 0 Å². The summed E-state index contributed by atoms with van der Waals surface area (Å²) in [5, 5.41) is 123. The summed E-state index contributed by atoms with van der Waals surface area (Å²) in [5.74, 6) is -9.25. The van der Waals surface area contributed by atoms with Gasteiger partial charge < -0.3 is 89.8 Å². The monoisotopic (exact) mass is 591 g/mol. The van der Waals surface area contributed by atoms with Crippen LogP contribution < -0.4 is 5.11 Å². The predicted molar refractivity (Wildman–Crippen MR) is 121 cm³/mol. The third-order valence-corrected chi connectivity index (χ3v) is 7.28. The van der Waals surface area contributed by atoms with Crippen LogP contribution in [0.25, 0.3) is 0 Å². The Morgan fingerprint density at radius 1 is 0.975 bits per heavy atom. The van der Waals surface area contributed by atoms with Crippen molar-refractivity contribution in [1.82, 2.24) is 0 Å². The Morgan fingerprint density at radius 2 is 1.60 bits per heavy atom. The third-order valence-electron chi connectivity index (χ3n) is 7.28. The number of aliphatic carboxylic acids is 1. The molecule has 5 unspecified atom stereocenters. The highest BCUT2D eigenvalue weighted by Crippen LogP contribution is 2.41. The topological polar surface area (TPSA) is 309 Å². The molecule has 0 aromatic rings. The number of aliphatic hydroxyl groups is 11. The highest BCUT2D eigenvalue weighted by Gasteiger charge is 2.59. The maximum atomic E-state index is 12.0. The quantitative estimate of drug-likeness (QED) is 0.119. The second-order valence-corrected chi connectivity index (χ2v) is 9.81. The summed E-state index contributed by atoms with van der Waals surface area (Å²) in [7, 11) is 0. The van der Waals surface area contributed by atoms with Crippen molar-refractivity contribution in [3.05, 3.63) is 0 Å². The van der Waals surface area contributed by atoms with Gasteiger partial charge in [0.2, 0.25) is 11.6 Å². The first kappa shape index (κ1) is 35.0. The molecule has 0 radical (unpaired) electrons. The van der Waals surface area contributed by atoms with Gasteiger partial charge in [-0.25, -0.2) is 0 Å². The molecule has 0 amide bonds. The van der Waals surface area contributed by atoms with Gasteiger partial charge in [-0.05, 0) is 0 Å². The van der Waals surface area contributed by atoms with E-state index < -0.39 is 123 Å². The van der Waals surface area contributed by atoms with Crippen molar-refractivity contribution in [2.45, 2.75) is 106 Å². The Bertz CT molecular complexity index is 832. The Kier molecular flexibility index (Phi) is 11.8. The van der Waals surface area contributed by atoms with E-state index in [1.807, 2.05) is 0 Å². The van der Waals surface area contributed by atoms with E-state index in [9.17, 15) is 66.1 Å². The molecule has 3 heterocycles. The van der Waals surface area contributed by atoms with Crippen LogP contribution in [0, 0.1) is 5.92 Å². The van der Waals surface area contributed by atoms with Crippen LogP contribution in [0.15, 0.2) is 0 Å². The Labute approximate surface area is 228 Å². The second-order valence-electron chi connectivity index (χ2n) is 9.81. The maximum absolute atomic E-state index is 12.0. The lowest BCUT2D eigenvalue weighted by atomic mass is 9.83. The largest absolute Gasteiger partial charge is 0.544 e. The number of hydrogen-bond donors (Lipinski definition) is 11. The highest BCUT2D eigenvalue weighted by atomic mass is 16.8. The summed E-state index contributed by atoms with van der Waals surface area (Å²) in [4.78, 5) is 12.0. The normalized spacial score (nSPS) is 48.7. The average molecular weight is 592 g/mol. The lowest BCUT2D eigenvalue weighted by Gasteiger charge is -2.52. The standard InChI is InChI=1S/C21H36O18.CH4/c1-6-7(24)2-20(19(32)33,39-21(6,34)10(25)4-23)35-5-9-11(26)12(27)15(30)18(37-9)38-16-8(3-22)36-17(31)14(29)13(16)28;/h6-18,22-31,34H,2-5H2,1H3,(H,32,33);1H4/p-1/t6-,7-,8?,9?,10-,11+,12+,13-,14?,15?,16-,17?,18+,20-,21+;/m1./s1. The van der Waals surface area contributed by atoms with Crippen molar-refractivity contribution < 1.29 is 89.8 Å². The van der Waals surface area contributed by atoms with Gasteiger partial charge in [0.1, 0.15) is 60.9 Å². The summed E-state index contributed by atoms with van der Waals surface area (Å²) < 4.78 is 26.1. The number of hydrogen-bond acceptors (Lipinski definition) is 18. The van der Waals surface area contributed by atoms with Gasteiger partial charge in [0.25, 0.3) is 0 Å². The van der Waals surface area contributed by atoms with Crippen LogP contribution in [0.4, 0.5) is 0 Å². The van der Waals surface area contributed by atoms with Gasteiger partial charge in [-0.2, -0.15) is 0 Å². The fourth-order valence-corrected chi connectivity index (χ4v) is 4.67. The van der Waals surface area contributed by atoms with E-state index in [-0.39, 0.29) is 7.43 Å². The molecule has 3 rings (SSSR count). The molecule has 0 bridgehead atoms. The minimum absolute atomic E-state index is 0. The molecule has 0 aromatic carbocycles. The number of carbonyl (C=O) groups is 1. The molecule has 11 N–H and O–H groups in total. The van der Waals surface area contributed by atoms with Crippen molar-refractivity contribution >= 4 is 5.97 Å². The lowest BCUT2D eigenvalue weighted by molar-refractivity contribution is -0.442. The molecule has 3 fully saturated rings. The van der Waals surface area contributed by atoms with Crippen LogP contribution in [0.3, 0.4) is 0 Å². The van der Waals surface area contributed by atoms with E-state index in [1.165, 1.54) is 6.92 Å². The first-order chi connectivity index (χ1) is 18.1. The van der Waals surface area contributed by atoms with E-state index in [0.29, 0.717) is 0 Å². The number of aliphatic hydroxyl groups excluding tert-OH is 10. The highest BCUT2D eigenvalue weighted by molar-refractivity contribution is 5.73. The zero-order valence-electron chi connectivity index (χ0n) is 20.6. The molecule has 0 spiro atoms. The van der Waals surface area contributed by atoms with Gasteiger partial charge in [0, 0.05) is 12.3 Å². The molecule has 40 heavy (non-hydrogen) atoms. The summed E-state index contributed by atoms with van der Waals surface area (Å²) in [6.07, 6.45) is -23.0. The number of carbonyl (C=O) groups excluding carboxylic acids is 1. The molecule has 3 saturated heterocycles. The number of ether oxygens (including phenoxy) is 5. The van der Waals surface area contributed by atoms with Crippen LogP contribution in [0.2, 0.25) is 0 Å². The van der Waals surface area contributed by atoms with E-state index in [4.69, 9.17) is 23.7 Å². The SMILES string of the molecule is C.C[C@@H]1[C@H](O)C[C@](OCC2O[C@@H](O[C@@H]3C(CO)OC(O)C(O)[C@H]3O)C(O)[C@@H](O)[C@H]2O)(C(=O)[O-])O[C@]1(O)[C@H](O)CO. The molecule has 18 heteroatoms. The Balaban J connectivity index is 0.00000560. The van der Waals surface area contributed by atoms with Crippen molar-refractivity contribution in [1.29, 1.82) is 0 Å². The van der Waals surface area contributed by atoms with Gasteiger partial charge in [-0.15, -0.1) is 0 Å². The molecule has 18 nitrogen and oxygen atoms in total. The van der Waals surface area contributed by atoms with Crippen LogP contribution in [0.5, 0.6) is 0 Å². The fourth-order valence-electron chi connectivity index (χ4n) is 4.67. The van der Waals surface area contributed by atoms with Gasteiger partial charge in [0.15, 0.2) is 12.6 Å². The number of carboxylic acid groups (broad SMARTS) is 1. The Morgan fingerprint density at radius 3 is 2.15 bits per heavy atom. The average Bonchev–Trinajstić information content (AvgIpc) is 2.90. The fraction of sp³-hybridized carbons (Fsp3) is 0.955. The predicted octanol–water partition coefficient (Wildman–Crippen LogP) is -7.83. The molecule has 3 aliphatic heterocycles. The molecule has 236 valence electrons. The first-order valence-electron chi connectivity index (χ1n) is 12.0. The van der Waals surface area contributed by atoms with Crippen molar-refractivity contribution in [2.24, 2.45) is 5.92 Å². The van der Waals surface area contributed by atoms with Crippen LogP contribution in [0.1, 0.15) is 20.8 Å². The summed E-state index contributed by atoms with van der Waals surface area (Å²) in [6, 6.07) is 0. The summed E-state index contributed by atoms with van der Waals surface area (Å²) >= 11 is 0. The summed E-state index contributed by atoms with van der Waals surface area (Å²) in [6.45, 7) is -1.71. The first-order valence-corrected chi connectivity index (χ1v) is 12.0. The van der Waals surface area contributed by atoms with Gasteiger partial charge in [-0.3, -0.25) is 0 Å². The molecule has 15 atom stereocenters. The maximum Gasteiger partial charge on any atom is 0.215 e. The van der Waals surface area contributed by atoms with Gasteiger partial charge >= 0.3 is 0 Å². The number of rotatable bonds is 9. The van der Waals surface area contributed by atoms with Crippen molar-refractivity contribution in [3.8, 4) is 0 Å². The van der Waals surface area contributed by atoms with Crippen LogP contribution in [-0.2, 0) is 28.5 Å². The Hall–Kier alpha value is -1.17. The molecule has 3 aliphatic rings. The van der Waals surface area contributed by atoms with Crippen molar-refractivity contribution in [2.75, 3.05) is 19.8 Å². The summed E-state index contributed by atoms with van der Waals surface area (Å²) in [5.41, 5.74) is 0. The van der Waals surface area contributed by atoms with E-state index in [1.54, 1.807) is 0 Å². The molecular formula is C22H39O18-. The van der Waals surface area contributed by atoms with E-state index in [0.717, 1.165) is 0 Å². The van der Waals surface area contributed by atoms with Crippen LogP contribution >= 0.6 is 0 Å². The number of carboxylic acids is 1. The van der Waals surface area contributed by atoms with E-state index >= 15 is 0 Å². The molecular weight excluding hydrogens is 552 g/mol. The molecule has 0 saturated carbocycles. The van der Waals surface area contributed by atoms with Gasteiger partial charge in [-0.1, -0.05) is 14.4 Å².